The number of amides is 1. The summed E-state index contributed by atoms with van der Waals surface area (Å²) in [6.45, 7) is 2.07. The lowest BCUT2D eigenvalue weighted by Crippen LogP contribution is -2.25. The van der Waals surface area contributed by atoms with Crippen molar-refractivity contribution in [3.63, 3.8) is 0 Å². The van der Waals surface area contributed by atoms with Crippen LogP contribution in [0.4, 0.5) is 0 Å². The monoisotopic (exact) mass is 516 g/mol. The van der Waals surface area contributed by atoms with Gasteiger partial charge in [0.25, 0.3) is 5.91 Å². The van der Waals surface area contributed by atoms with Crippen LogP contribution in [0.2, 0.25) is 0 Å². The molecule has 1 N–H and O–H groups in total. The molecule has 5 rings (SSSR count). The summed E-state index contributed by atoms with van der Waals surface area (Å²) in [5.41, 5.74) is 7.72. The normalized spacial score (nSPS) is 11.5. The third-order valence-corrected chi connectivity index (χ3v) is 7.83. The van der Waals surface area contributed by atoms with Crippen molar-refractivity contribution in [3.8, 4) is 27.6 Å². The van der Waals surface area contributed by atoms with Crippen LogP contribution in [-0.2, 0) is 4.79 Å². The van der Waals surface area contributed by atoms with Gasteiger partial charge in [-0.1, -0.05) is 71.1 Å². The molecule has 35 heavy (non-hydrogen) atoms. The zero-order valence-corrected chi connectivity index (χ0v) is 21.1. The number of carbonyl (C=O) groups excluding carboxylic acids is 1. The molecule has 0 atom stereocenters. The van der Waals surface area contributed by atoms with Crippen molar-refractivity contribution in [2.45, 2.75) is 11.3 Å². The van der Waals surface area contributed by atoms with E-state index in [2.05, 4.69) is 60.8 Å². The lowest BCUT2D eigenvalue weighted by atomic mass is 10.1. The Hall–Kier alpha value is -3.60. The fraction of sp³-hybridized carbons (Fsp3) is 0.0800. The number of para-hydroxylation sites is 1. The van der Waals surface area contributed by atoms with Gasteiger partial charge in [-0.2, -0.15) is 0 Å². The van der Waals surface area contributed by atoms with Crippen LogP contribution in [0, 0.1) is 6.92 Å². The maximum atomic E-state index is 12.5. The molecule has 7 nitrogen and oxygen atoms in total. The van der Waals surface area contributed by atoms with Gasteiger partial charge in [-0.05, 0) is 42.8 Å². The van der Waals surface area contributed by atoms with E-state index in [1.807, 2.05) is 54.6 Å². The summed E-state index contributed by atoms with van der Waals surface area (Å²) in [6.07, 6.45) is 1.72. The number of thioether (sulfide) groups is 1. The van der Waals surface area contributed by atoms with Gasteiger partial charge in [0.2, 0.25) is 4.80 Å². The molecule has 0 saturated carbocycles. The molecule has 174 valence electrons. The molecule has 0 radical (unpaired) electrons. The van der Waals surface area contributed by atoms with Gasteiger partial charge < -0.3 is 0 Å². The van der Waals surface area contributed by atoms with E-state index < -0.39 is 0 Å². The van der Waals surface area contributed by atoms with Crippen LogP contribution in [-0.4, -0.2) is 31.4 Å². The summed E-state index contributed by atoms with van der Waals surface area (Å²) in [5, 5.41) is 15.6. The SMILES string of the molecule is Cc1cccc(-c2cs/c(=N/NC(=O)CSc3nnc(-c4ccccn4)s3)n2-c2ccccc2)c1. The van der Waals surface area contributed by atoms with Crippen LogP contribution in [0.3, 0.4) is 0 Å². The van der Waals surface area contributed by atoms with Crippen molar-refractivity contribution in [3.05, 3.63) is 94.7 Å². The van der Waals surface area contributed by atoms with Gasteiger partial charge in [-0.3, -0.25) is 14.3 Å². The minimum Gasteiger partial charge on any atom is -0.284 e. The van der Waals surface area contributed by atoms with Gasteiger partial charge in [-0.15, -0.1) is 26.6 Å². The first-order valence-electron chi connectivity index (χ1n) is 10.7. The number of aryl methyl sites for hydroxylation is 1. The molecule has 3 heterocycles. The van der Waals surface area contributed by atoms with Crippen LogP contribution >= 0.6 is 34.4 Å². The smallest absolute Gasteiger partial charge is 0.250 e. The number of thiazole rings is 1. The third-order valence-electron chi connectivity index (χ3n) is 4.93. The lowest BCUT2D eigenvalue weighted by molar-refractivity contribution is -0.118. The Kier molecular flexibility index (Phi) is 7.12. The summed E-state index contributed by atoms with van der Waals surface area (Å²) in [5.74, 6) is -0.0309. The molecule has 0 spiro atoms. The van der Waals surface area contributed by atoms with Crippen molar-refractivity contribution in [2.75, 3.05) is 5.75 Å². The van der Waals surface area contributed by atoms with Crippen LogP contribution in [0.1, 0.15) is 5.56 Å². The summed E-state index contributed by atoms with van der Waals surface area (Å²) in [7, 11) is 0. The number of aromatic nitrogens is 4. The van der Waals surface area contributed by atoms with Gasteiger partial charge in [0, 0.05) is 17.3 Å². The first kappa shape index (κ1) is 23.2. The second-order valence-electron chi connectivity index (χ2n) is 7.47. The fourth-order valence-electron chi connectivity index (χ4n) is 3.35. The molecule has 0 unspecified atom stereocenters. The fourth-order valence-corrected chi connectivity index (χ4v) is 5.84. The summed E-state index contributed by atoms with van der Waals surface area (Å²) in [6, 6.07) is 24.0. The highest BCUT2D eigenvalue weighted by atomic mass is 32.2. The molecule has 0 bridgehead atoms. The summed E-state index contributed by atoms with van der Waals surface area (Å²) in [4.78, 5) is 17.5. The Balaban J connectivity index is 1.33. The maximum Gasteiger partial charge on any atom is 0.250 e. The molecule has 0 saturated heterocycles. The number of rotatable bonds is 7. The number of pyridine rings is 1. The second-order valence-corrected chi connectivity index (χ2v) is 10.5. The molecule has 0 aliphatic rings. The Bertz CT molecular complexity index is 1510. The highest BCUT2D eigenvalue weighted by Gasteiger charge is 2.12. The van der Waals surface area contributed by atoms with E-state index in [9.17, 15) is 4.79 Å². The molecule has 10 heteroatoms. The van der Waals surface area contributed by atoms with Crippen LogP contribution in [0.25, 0.3) is 27.6 Å². The second kappa shape index (κ2) is 10.8. The highest BCUT2D eigenvalue weighted by Crippen LogP contribution is 2.28. The van der Waals surface area contributed by atoms with E-state index in [1.54, 1.807) is 6.20 Å². The van der Waals surface area contributed by atoms with Crippen molar-refractivity contribution in [1.82, 2.24) is 25.2 Å². The molecule has 1 amide bonds. The standard InChI is InChI=1S/C25H20N6OS3/c1-17-8-7-9-18(14-17)21-15-33-24(31(21)19-10-3-2-4-11-19)29-27-22(32)16-34-25-30-28-23(35-25)20-12-5-6-13-26-20/h2-15H,16H2,1H3,(H,27,32)/b29-24+. The van der Waals surface area contributed by atoms with Crippen LogP contribution in [0.5, 0.6) is 0 Å². The molecule has 5 aromatic rings. The number of nitrogens with one attached hydrogen (secondary N) is 1. The molecule has 0 aliphatic carbocycles. The molecular weight excluding hydrogens is 497 g/mol. The average Bonchev–Trinajstić information content (AvgIpc) is 3.55. The highest BCUT2D eigenvalue weighted by molar-refractivity contribution is 8.01. The largest absolute Gasteiger partial charge is 0.284 e. The predicted molar refractivity (Wildman–Crippen MR) is 141 cm³/mol. The Labute approximate surface area is 214 Å². The average molecular weight is 517 g/mol. The number of nitrogens with zero attached hydrogens (tertiary/aromatic N) is 5. The van der Waals surface area contributed by atoms with E-state index in [4.69, 9.17) is 0 Å². The minimum absolute atomic E-state index is 0.182. The molecular formula is C25H20N6OS3. The predicted octanol–water partition coefficient (Wildman–Crippen LogP) is 5.15. The van der Waals surface area contributed by atoms with Gasteiger partial charge in [0.05, 0.1) is 11.4 Å². The van der Waals surface area contributed by atoms with Crippen LogP contribution < -0.4 is 10.2 Å². The van der Waals surface area contributed by atoms with Crippen molar-refractivity contribution >= 4 is 40.3 Å². The van der Waals surface area contributed by atoms with E-state index >= 15 is 0 Å². The van der Waals surface area contributed by atoms with E-state index in [1.165, 1.54) is 40.0 Å². The molecule has 3 aromatic heterocycles. The lowest BCUT2D eigenvalue weighted by Gasteiger charge is -2.09. The van der Waals surface area contributed by atoms with Crippen molar-refractivity contribution < 1.29 is 4.79 Å². The maximum absolute atomic E-state index is 12.5. The van der Waals surface area contributed by atoms with Crippen LogP contribution in [0.15, 0.2) is 93.8 Å². The van der Waals surface area contributed by atoms with Gasteiger partial charge in [0.1, 0.15) is 5.69 Å². The topological polar surface area (TPSA) is 85.1 Å². The van der Waals surface area contributed by atoms with Crippen molar-refractivity contribution in [1.29, 1.82) is 0 Å². The van der Waals surface area contributed by atoms with E-state index in [0.717, 1.165) is 27.6 Å². The summed E-state index contributed by atoms with van der Waals surface area (Å²) >= 11 is 4.21. The number of hydrogen-bond acceptors (Lipinski definition) is 8. The van der Waals surface area contributed by atoms with Gasteiger partial charge in [0.15, 0.2) is 9.35 Å². The van der Waals surface area contributed by atoms with E-state index in [-0.39, 0.29) is 11.7 Å². The Morgan fingerprint density at radius 3 is 2.71 bits per heavy atom. The Morgan fingerprint density at radius 1 is 1.06 bits per heavy atom. The number of hydrogen-bond donors (Lipinski definition) is 1. The van der Waals surface area contributed by atoms with Gasteiger partial charge >= 0.3 is 0 Å². The van der Waals surface area contributed by atoms with Crippen molar-refractivity contribution in [2.24, 2.45) is 5.10 Å². The third kappa shape index (κ3) is 5.56. The summed E-state index contributed by atoms with van der Waals surface area (Å²) < 4.78 is 2.76. The quantitative estimate of drug-likeness (QED) is 0.239. The van der Waals surface area contributed by atoms with Gasteiger partial charge in [-0.25, -0.2) is 5.43 Å². The van der Waals surface area contributed by atoms with E-state index in [0.29, 0.717) is 9.14 Å². The first-order chi connectivity index (χ1) is 17.2. The zero-order valence-electron chi connectivity index (χ0n) is 18.7. The molecule has 0 fully saturated rings. The molecule has 2 aromatic carbocycles. The molecule has 0 aliphatic heterocycles. The minimum atomic E-state index is -0.213. The zero-order chi connectivity index (χ0) is 24.0. The number of benzene rings is 2. The first-order valence-corrected chi connectivity index (χ1v) is 13.4. The Morgan fingerprint density at radius 2 is 1.91 bits per heavy atom. The number of carbonyl (C=O) groups is 1.